The maximum atomic E-state index is 10.1. The number of rotatable bonds is 3. The van der Waals surface area contributed by atoms with E-state index in [-0.39, 0.29) is 5.75 Å². The van der Waals surface area contributed by atoms with Gasteiger partial charge in [0.25, 0.3) is 0 Å². The number of para-hydroxylation sites is 1. The molecule has 2 aromatic heterocycles. The molecule has 0 saturated heterocycles. The van der Waals surface area contributed by atoms with Gasteiger partial charge in [0, 0.05) is 16.5 Å². The summed E-state index contributed by atoms with van der Waals surface area (Å²) in [5, 5.41) is 24.1. The summed E-state index contributed by atoms with van der Waals surface area (Å²) in [6.07, 6.45) is 0. The van der Waals surface area contributed by atoms with E-state index in [1.54, 1.807) is 12.1 Å². The van der Waals surface area contributed by atoms with E-state index in [4.69, 9.17) is 0 Å². The maximum Gasteiger partial charge on any atom is 0.160 e. The number of nitrogens with zero attached hydrogens (tertiary/aromatic N) is 3. The summed E-state index contributed by atoms with van der Waals surface area (Å²) >= 11 is 0. The molecule has 0 bridgehead atoms. The van der Waals surface area contributed by atoms with Crippen molar-refractivity contribution in [2.75, 3.05) is 5.32 Å². The van der Waals surface area contributed by atoms with Crippen molar-refractivity contribution < 1.29 is 5.11 Å². The zero-order valence-electron chi connectivity index (χ0n) is 15.1. The Morgan fingerprint density at radius 2 is 1.68 bits per heavy atom. The van der Waals surface area contributed by atoms with Gasteiger partial charge in [-0.2, -0.15) is 5.10 Å². The predicted molar refractivity (Wildman–Crippen MR) is 111 cm³/mol. The van der Waals surface area contributed by atoms with E-state index in [0.29, 0.717) is 17.2 Å². The fourth-order valence-electron chi connectivity index (χ4n) is 3.35. The lowest BCUT2D eigenvalue weighted by molar-refractivity contribution is 0.477. The highest BCUT2D eigenvalue weighted by atomic mass is 16.3. The van der Waals surface area contributed by atoms with Crippen LogP contribution in [0.5, 0.6) is 5.75 Å². The highest BCUT2D eigenvalue weighted by Gasteiger charge is 2.11. The molecule has 0 amide bonds. The fraction of sp³-hybridized carbons (Fsp3) is 0.0455. The molecule has 3 aromatic carbocycles. The van der Waals surface area contributed by atoms with Crippen LogP contribution in [0.15, 0.2) is 66.7 Å². The Kier molecular flexibility index (Phi) is 3.69. The lowest BCUT2D eigenvalue weighted by atomic mass is 10.1. The topological polar surface area (TPSA) is 86.7 Å². The first-order valence-electron chi connectivity index (χ1n) is 8.96. The number of phenols is 1. The largest absolute Gasteiger partial charge is 0.507 e. The van der Waals surface area contributed by atoms with Crippen LogP contribution in [0, 0.1) is 6.92 Å². The van der Waals surface area contributed by atoms with E-state index >= 15 is 0 Å². The third-order valence-electron chi connectivity index (χ3n) is 4.78. The van der Waals surface area contributed by atoms with Crippen molar-refractivity contribution in [2.24, 2.45) is 0 Å². The first kappa shape index (κ1) is 16.3. The molecule has 136 valence electrons. The van der Waals surface area contributed by atoms with Crippen molar-refractivity contribution in [3.63, 3.8) is 0 Å². The number of aromatic nitrogens is 4. The molecule has 0 radical (unpaired) electrons. The lowest BCUT2D eigenvalue weighted by Gasteiger charge is -2.09. The number of phenolic OH excluding ortho intramolecular Hbond substituents is 1. The van der Waals surface area contributed by atoms with Crippen LogP contribution in [0.2, 0.25) is 0 Å². The molecule has 0 aliphatic rings. The SMILES string of the molecule is Cc1nnc(Nc2ccc3[nH]c(-c4ccccc4O)nc3c2)c2ccccc12. The summed E-state index contributed by atoms with van der Waals surface area (Å²) in [5.41, 5.74) is 4.13. The molecule has 28 heavy (non-hydrogen) atoms. The van der Waals surface area contributed by atoms with Gasteiger partial charge < -0.3 is 15.4 Å². The number of benzene rings is 3. The monoisotopic (exact) mass is 367 g/mol. The van der Waals surface area contributed by atoms with Gasteiger partial charge in [0.1, 0.15) is 11.6 Å². The molecular formula is C22H17N5O. The second-order valence-corrected chi connectivity index (χ2v) is 6.64. The zero-order valence-corrected chi connectivity index (χ0v) is 15.1. The van der Waals surface area contributed by atoms with Crippen molar-refractivity contribution in [3.05, 3.63) is 72.4 Å². The number of aromatic hydroxyl groups is 1. The van der Waals surface area contributed by atoms with Crippen LogP contribution in [-0.2, 0) is 0 Å². The van der Waals surface area contributed by atoms with Crippen LogP contribution in [0.1, 0.15) is 5.69 Å². The van der Waals surface area contributed by atoms with Crippen molar-refractivity contribution in [2.45, 2.75) is 6.92 Å². The van der Waals surface area contributed by atoms with Gasteiger partial charge in [-0.15, -0.1) is 5.10 Å². The van der Waals surface area contributed by atoms with Crippen LogP contribution in [0.4, 0.5) is 11.5 Å². The van der Waals surface area contributed by atoms with E-state index in [2.05, 4.69) is 25.5 Å². The van der Waals surface area contributed by atoms with Gasteiger partial charge in [-0.25, -0.2) is 4.98 Å². The number of imidazole rings is 1. The summed E-state index contributed by atoms with van der Waals surface area (Å²) in [6.45, 7) is 1.95. The Morgan fingerprint density at radius 1 is 0.893 bits per heavy atom. The average molecular weight is 367 g/mol. The van der Waals surface area contributed by atoms with E-state index < -0.39 is 0 Å². The zero-order chi connectivity index (χ0) is 19.1. The minimum Gasteiger partial charge on any atom is -0.507 e. The Hall–Kier alpha value is -3.93. The van der Waals surface area contributed by atoms with Crippen molar-refractivity contribution >= 4 is 33.3 Å². The van der Waals surface area contributed by atoms with E-state index in [1.165, 1.54) is 0 Å². The summed E-state index contributed by atoms with van der Waals surface area (Å²) in [5.74, 6) is 1.53. The van der Waals surface area contributed by atoms with Crippen LogP contribution in [-0.4, -0.2) is 25.3 Å². The van der Waals surface area contributed by atoms with Gasteiger partial charge in [0.05, 0.1) is 22.3 Å². The molecule has 0 aliphatic carbocycles. The van der Waals surface area contributed by atoms with Gasteiger partial charge in [-0.05, 0) is 37.3 Å². The average Bonchev–Trinajstić information content (AvgIpc) is 3.14. The second-order valence-electron chi connectivity index (χ2n) is 6.64. The number of anilines is 2. The summed E-state index contributed by atoms with van der Waals surface area (Å²) in [7, 11) is 0. The van der Waals surface area contributed by atoms with E-state index in [9.17, 15) is 5.11 Å². The smallest absolute Gasteiger partial charge is 0.160 e. The number of fused-ring (bicyclic) bond motifs is 2. The molecular weight excluding hydrogens is 350 g/mol. The van der Waals surface area contributed by atoms with E-state index in [0.717, 1.165) is 33.2 Å². The number of hydrogen-bond acceptors (Lipinski definition) is 5. The second kappa shape index (κ2) is 6.35. The van der Waals surface area contributed by atoms with Crippen LogP contribution >= 0.6 is 0 Å². The first-order valence-corrected chi connectivity index (χ1v) is 8.96. The van der Waals surface area contributed by atoms with Gasteiger partial charge in [-0.3, -0.25) is 0 Å². The molecule has 2 heterocycles. The number of H-pyrrole nitrogens is 1. The Bertz CT molecular complexity index is 1330. The van der Waals surface area contributed by atoms with Crippen LogP contribution < -0.4 is 5.32 Å². The molecule has 0 spiro atoms. The Labute approximate surface area is 160 Å². The number of aryl methyl sites for hydroxylation is 1. The summed E-state index contributed by atoms with van der Waals surface area (Å²) in [4.78, 5) is 7.88. The molecule has 0 aliphatic heterocycles. The lowest BCUT2D eigenvalue weighted by Crippen LogP contribution is -1.98. The van der Waals surface area contributed by atoms with Gasteiger partial charge in [0.15, 0.2) is 5.82 Å². The highest BCUT2D eigenvalue weighted by molar-refractivity contribution is 5.95. The third-order valence-corrected chi connectivity index (χ3v) is 4.78. The standard InChI is InChI=1S/C22H17N5O/c1-13-15-6-2-3-7-16(15)22(27-26-13)23-14-10-11-18-19(12-14)25-21(24-18)17-8-4-5-9-20(17)28/h2-12,28H,1H3,(H,23,27)(H,24,25). The molecule has 0 fully saturated rings. The Balaban J connectivity index is 1.54. The minimum absolute atomic E-state index is 0.196. The maximum absolute atomic E-state index is 10.1. The molecule has 3 N–H and O–H groups in total. The summed E-state index contributed by atoms with van der Waals surface area (Å²) < 4.78 is 0. The Morgan fingerprint density at radius 3 is 2.54 bits per heavy atom. The normalized spacial score (nSPS) is 11.2. The number of hydrogen-bond donors (Lipinski definition) is 3. The first-order chi connectivity index (χ1) is 13.7. The molecule has 0 atom stereocenters. The number of aromatic amines is 1. The van der Waals surface area contributed by atoms with Gasteiger partial charge in [0.2, 0.25) is 0 Å². The molecule has 6 heteroatoms. The van der Waals surface area contributed by atoms with Gasteiger partial charge in [-0.1, -0.05) is 36.4 Å². The minimum atomic E-state index is 0.196. The summed E-state index contributed by atoms with van der Waals surface area (Å²) in [6, 6.07) is 21.1. The van der Waals surface area contributed by atoms with Gasteiger partial charge >= 0.3 is 0 Å². The van der Waals surface area contributed by atoms with Crippen molar-refractivity contribution in [1.82, 2.24) is 20.2 Å². The molecule has 5 rings (SSSR count). The molecule has 5 aromatic rings. The molecule has 6 nitrogen and oxygen atoms in total. The highest BCUT2D eigenvalue weighted by Crippen LogP contribution is 2.30. The quantitative estimate of drug-likeness (QED) is 0.421. The third kappa shape index (κ3) is 2.72. The molecule has 0 saturated carbocycles. The van der Waals surface area contributed by atoms with Crippen LogP contribution in [0.3, 0.4) is 0 Å². The predicted octanol–water partition coefficient (Wildman–Crippen LogP) is 4.93. The van der Waals surface area contributed by atoms with Crippen molar-refractivity contribution in [3.8, 4) is 17.1 Å². The fourth-order valence-corrected chi connectivity index (χ4v) is 3.35. The number of nitrogens with one attached hydrogen (secondary N) is 2. The van der Waals surface area contributed by atoms with E-state index in [1.807, 2.05) is 61.5 Å². The van der Waals surface area contributed by atoms with Crippen molar-refractivity contribution in [1.29, 1.82) is 0 Å². The molecule has 0 unspecified atom stereocenters. The van der Waals surface area contributed by atoms with Crippen LogP contribution in [0.25, 0.3) is 33.2 Å².